The number of primary amides is 1. The maximum atomic E-state index is 15.4. The number of pyridine rings is 2. The quantitative estimate of drug-likeness (QED) is 0.0331. The van der Waals surface area contributed by atoms with Gasteiger partial charge in [-0.05, 0) is 98.2 Å². The molecule has 8 amide bonds. The number of benzene rings is 2. The number of aryl methyl sites for hydroxylation is 1. The molecule has 0 fully saturated rings. The Hall–Kier alpha value is -8.01. The van der Waals surface area contributed by atoms with Crippen LogP contribution in [-0.2, 0) is 70.0 Å². The van der Waals surface area contributed by atoms with Crippen molar-refractivity contribution in [3.05, 3.63) is 104 Å². The number of cyclic esters (lactones) is 1. The van der Waals surface area contributed by atoms with Gasteiger partial charge in [0.1, 0.15) is 31.1 Å². The molecular weight excluding hydrogens is 974 g/mol. The highest BCUT2D eigenvalue weighted by molar-refractivity contribution is 6.12. The topological polar surface area (TPSA) is 300 Å². The van der Waals surface area contributed by atoms with E-state index in [0.29, 0.717) is 82.3 Å². The lowest BCUT2D eigenvalue weighted by Gasteiger charge is -2.31. The highest BCUT2D eigenvalue weighted by Gasteiger charge is 2.46. The van der Waals surface area contributed by atoms with Crippen molar-refractivity contribution in [2.75, 3.05) is 18.4 Å². The van der Waals surface area contributed by atoms with Gasteiger partial charge < -0.3 is 51.5 Å². The summed E-state index contributed by atoms with van der Waals surface area (Å²) in [6.45, 7) is 6.74. The Morgan fingerprint density at radius 1 is 0.960 bits per heavy atom. The van der Waals surface area contributed by atoms with Crippen molar-refractivity contribution in [1.29, 1.82) is 0 Å². The molecule has 4 atom stereocenters. The lowest BCUT2D eigenvalue weighted by molar-refractivity contribution is -0.172. The van der Waals surface area contributed by atoms with Gasteiger partial charge in [0.15, 0.2) is 5.60 Å². The normalized spacial score (nSPS) is 17.9. The van der Waals surface area contributed by atoms with Crippen molar-refractivity contribution in [3.63, 3.8) is 0 Å². The summed E-state index contributed by atoms with van der Waals surface area (Å²) in [4.78, 5) is 122. The third-order valence-electron chi connectivity index (χ3n) is 14.3. The molecule has 22 heteroatoms. The molecule has 0 radical (unpaired) electrons. The number of nitrogens with two attached hydrogens (primary N) is 1. The third-order valence-corrected chi connectivity index (χ3v) is 14.3. The molecule has 0 bridgehead atoms. The van der Waals surface area contributed by atoms with Crippen LogP contribution in [0.4, 0.5) is 19.7 Å². The predicted octanol–water partition coefficient (Wildman–Crippen LogP) is 3.94. The summed E-state index contributed by atoms with van der Waals surface area (Å²) in [6, 6.07) is 5.89. The smallest absolute Gasteiger partial charge is 0.407 e. The summed E-state index contributed by atoms with van der Waals surface area (Å²) < 4.78 is 27.8. The van der Waals surface area contributed by atoms with E-state index >= 15 is 4.39 Å². The van der Waals surface area contributed by atoms with Gasteiger partial charge in [-0.1, -0.05) is 39.3 Å². The number of carbonyl (C=O) groups is 8. The summed E-state index contributed by atoms with van der Waals surface area (Å²) >= 11 is 0. The van der Waals surface area contributed by atoms with Gasteiger partial charge in [0.2, 0.25) is 17.7 Å². The van der Waals surface area contributed by atoms with Gasteiger partial charge in [-0.2, -0.15) is 0 Å². The molecule has 5 heterocycles. The molecule has 75 heavy (non-hydrogen) atoms. The largest absolute Gasteiger partial charge is 0.458 e. The maximum Gasteiger partial charge on any atom is 0.407 e. The molecule has 8 N–H and O–H groups in total. The Bertz CT molecular complexity index is 3080. The fourth-order valence-corrected chi connectivity index (χ4v) is 10.2. The van der Waals surface area contributed by atoms with Crippen LogP contribution in [0, 0.1) is 18.7 Å². The van der Waals surface area contributed by atoms with Gasteiger partial charge in [-0.25, -0.2) is 23.8 Å². The van der Waals surface area contributed by atoms with Gasteiger partial charge in [0.25, 0.3) is 17.4 Å². The molecule has 0 spiro atoms. The third kappa shape index (κ3) is 11.1. The first-order chi connectivity index (χ1) is 35.8. The van der Waals surface area contributed by atoms with Gasteiger partial charge in [0, 0.05) is 59.9 Å². The van der Waals surface area contributed by atoms with E-state index in [1.807, 2.05) is 0 Å². The SMILES string of the molecule is CC[C@@]1(O)C(=O)OCc2c1cc1n(c2=O)Cc2c-1nc1cc(F)c(C)c3c1c2[C@@H](NC(=O)OCc1ccc(NC(=O)[C@H](CCCNC(N)=O)NC(=O)C(NC(=O)CCCCCN2C(=O)C=CC2=O)C(C)C)cc1)CC3. The number of imide groups is 1. The second kappa shape index (κ2) is 22.2. The summed E-state index contributed by atoms with van der Waals surface area (Å²) in [5.41, 5.74) is 7.42. The molecule has 4 aliphatic rings. The van der Waals surface area contributed by atoms with Crippen LogP contribution in [0.2, 0.25) is 0 Å². The molecule has 0 saturated carbocycles. The lowest BCUT2D eigenvalue weighted by atomic mass is 9.81. The predicted molar refractivity (Wildman–Crippen MR) is 269 cm³/mol. The second-order valence-electron chi connectivity index (χ2n) is 19.6. The highest BCUT2D eigenvalue weighted by Crippen LogP contribution is 2.46. The van der Waals surface area contributed by atoms with Gasteiger partial charge >= 0.3 is 18.1 Å². The van der Waals surface area contributed by atoms with E-state index in [1.165, 1.54) is 22.8 Å². The van der Waals surface area contributed by atoms with Crippen LogP contribution in [-0.4, -0.2) is 92.4 Å². The number of rotatable bonds is 20. The second-order valence-corrected chi connectivity index (χ2v) is 19.6. The number of hydrogen-bond acceptors (Lipinski definition) is 13. The van der Waals surface area contributed by atoms with Crippen molar-refractivity contribution in [2.45, 2.75) is 129 Å². The van der Waals surface area contributed by atoms with E-state index in [9.17, 15) is 48.3 Å². The van der Waals surface area contributed by atoms with Crippen molar-refractivity contribution in [3.8, 4) is 11.4 Å². The molecule has 2 aromatic carbocycles. The number of unbranched alkanes of at least 4 members (excludes halogenated alkanes) is 2. The first kappa shape index (κ1) is 53.3. The number of nitrogens with one attached hydrogen (secondary N) is 5. The minimum Gasteiger partial charge on any atom is -0.458 e. The number of esters is 1. The Balaban J connectivity index is 0.902. The minimum atomic E-state index is -2.05. The highest BCUT2D eigenvalue weighted by atomic mass is 19.1. The lowest BCUT2D eigenvalue weighted by Crippen LogP contribution is -2.54. The summed E-state index contributed by atoms with van der Waals surface area (Å²) in [7, 11) is 0. The Morgan fingerprint density at radius 2 is 1.69 bits per heavy atom. The van der Waals surface area contributed by atoms with E-state index in [0.717, 1.165) is 10.5 Å². The summed E-state index contributed by atoms with van der Waals surface area (Å²) in [5.74, 6) is -3.97. The molecule has 2 aromatic heterocycles. The average molecular weight is 1030 g/mol. The molecule has 1 aliphatic carbocycles. The molecule has 4 aromatic rings. The number of ether oxygens (including phenoxy) is 2. The monoisotopic (exact) mass is 1030 g/mol. The van der Waals surface area contributed by atoms with Crippen molar-refractivity contribution in [1.82, 2.24) is 35.7 Å². The fourth-order valence-electron chi connectivity index (χ4n) is 10.2. The summed E-state index contributed by atoms with van der Waals surface area (Å²) in [5, 5.41) is 25.8. The van der Waals surface area contributed by atoms with Crippen LogP contribution in [0.3, 0.4) is 0 Å². The zero-order valence-corrected chi connectivity index (χ0v) is 42.1. The van der Waals surface area contributed by atoms with Gasteiger partial charge in [0.05, 0.1) is 35.1 Å². The number of urea groups is 1. The average Bonchev–Trinajstić information content (AvgIpc) is 3.95. The standard InChI is InChI=1S/C53H60FN9O12/c1-5-53(73)34-22-39-46-32(24-63(39)49(69)33(34)26-74-50(53)70)44-36(17-16-31-28(4)35(54)23-38(58-46)43(31)44)60-52(72)75-25-29-12-14-30(15-13-29)57-47(67)37(10-9-20-56-51(55)71)59-48(68)45(27(2)3)61-40(64)11-7-6-8-21-62-41(65)18-19-42(62)66/h12-15,18-19,22-23,27,36-37,45,73H,5-11,16-17,20-21,24-26H2,1-4H3,(H,57,67)(H,59,68)(H,60,72)(H,61,64)(H3,55,56,71)/t36-,37-,45?,53-/m0/s1. The number of halogens is 1. The van der Waals surface area contributed by atoms with E-state index in [2.05, 4.69) is 26.6 Å². The van der Waals surface area contributed by atoms with E-state index in [4.69, 9.17) is 20.2 Å². The Labute approximate surface area is 430 Å². The zero-order chi connectivity index (χ0) is 53.9. The van der Waals surface area contributed by atoms with E-state index in [-0.39, 0.29) is 93.3 Å². The van der Waals surface area contributed by atoms with Crippen LogP contribution in [0.25, 0.3) is 22.3 Å². The van der Waals surface area contributed by atoms with Crippen molar-refractivity contribution < 1.29 is 57.3 Å². The van der Waals surface area contributed by atoms with Gasteiger partial charge in [-0.3, -0.25) is 33.7 Å². The molecule has 8 rings (SSSR count). The van der Waals surface area contributed by atoms with Crippen LogP contribution in [0.5, 0.6) is 0 Å². The van der Waals surface area contributed by atoms with Crippen LogP contribution >= 0.6 is 0 Å². The number of nitrogens with zero attached hydrogens (tertiary/aromatic N) is 3. The molecule has 0 saturated heterocycles. The van der Waals surface area contributed by atoms with Crippen LogP contribution in [0.1, 0.15) is 117 Å². The maximum absolute atomic E-state index is 15.4. The van der Waals surface area contributed by atoms with Gasteiger partial charge in [-0.15, -0.1) is 0 Å². The number of carbonyl (C=O) groups excluding carboxylic acids is 8. The first-order valence-electron chi connectivity index (χ1n) is 25.1. The number of fused-ring (bicyclic) bond motifs is 5. The first-order valence-corrected chi connectivity index (χ1v) is 25.1. The number of alkyl carbamates (subject to hydrolysis) is 1. The number of aliphatic hydroxyl groups is 1. The van der Waals surface area contributed by atoms with Crippen molar-refractivity contribution >= 4 is 64.2 Å². The number of anilines is 1. The number of aromatic nitrogens is 2. The molecule has 3 aliphatic heterocycles. The van der Waals surface area contributed by atoms with Crippen molar-refractivity contribution in [2.24, 2.45) is 11.7 Å². The number of hydrogen-bond donors (Lipinski definition) is 7. The van der Waals surface area contributed by atoms with Crippen LogP contribution in [0.15, 0.2) is 53.3 Å². The van der Waals surface area contributed by atoms with E-state index < -0.39 is 65.0 Å². The molecule has 396 valence electrons. The zero-order valence-electron chi connectivity index (χ0n) is 42.1. The number of amides is 8. The Morgan fingerprint density at radius 3 is 2.39 bits per heavy atom. The molecule has 1 unspecified atom stereocenters. The fraction of sp³-hybridized carbons (Fsp3) is 0.434. The van der Waals surface area contributed by atoms with E-state index in [1.54, 1.807) is 58.0 Å². The molecular formula is C53H60FN9O12. The summed E-state index contributed by atoms with van der Waals surface area (Å²) in [6.07, 6.45) is 4.40. The molecule has 21 nitrogen and oxygen atoms in total. The Kier molecular flexibility index (Phi) is 15.8. The van der Waals surface area contributed by atoms with Crippen LogP contribution < -0.4 is 37.9 Å². The minimum absolute atomic E-state index is 0.0418.